The van der Waals surface area contributed by atoms with Crippen LogP contribution in [0.1, 0.15) is 47.6 Å². The molecule has 0 aliphatic carbocycles. The first-order valence-corrected chi connectivity index (χ1v) is 7.74. The second kappa shape index (κ2) is 6.97. The Morgan fingerprint density at radius 1 is 1.25 bits per heavy atom. The smallest absolute Gasteiger partial charge is 0.114 e. The number of nitrogens with one attached hydrogen (secondary N) is 1. The Morgan fingerprint density at radius 3 is 2.45 bits per heavy atom. The Kier molecular flexibility index (Phi) is 5.29. The summed E-state index contributed by atoms with van der Waals surface area (Å²) in [7, 11) is 3.69. The molecule has 0 spiro atoms. The van der Waals surface area contributed by atoms with Gasteiger partial charge in [0.15, 0.2) is 0 Å². The van der Waals surface area contributed by atoms with Crippen molar-refractivity contribution in [3.05, 3.63) is 51.5 Å². The van der Waals surface area contributed by atoms with Crippen molar-refractivity contribution in [1.29, 1.82) is 0 Å². The lowest BCUT2D eigenvalue weighted by Gasteiger charge is -2.14. The van der Waals surface area contributed by atoms with E-state index in [0.717, 1.165) is 5.01 Å². The molecular weight excluding hydrogens is 268 g/mol. The molecule has 4 heteroatoms. The molecule has 2 rings (SSSR count). The molecule has 1 aromatic heterocycles. The van der Waals surface area contributed by atoms with Crippen molar-refractivity contribution in [2.45, 2.75) is 32.4 Å². The summed E-state index contributed by atoms with van der Waals surface area (Å²) >= 11 is 1.72. The average Bonchev–Trinajstić information content (AvgIpc) is 2.92. The van der Waals surface area contributed by atoms with Gasteiger partial charge in [0.1, 0.15) is 5.01 Å². The zero-order valence-corrected chi connectivity index (χ0v) is 13.3. The van der Waals surface area contributed by atoms with E-state index in [9.17, 15) is 0 Å². The molecule has 3 nitrogen and oxygen atoms in total. The molecule has 1 N–H and O–H groups in total. The van der Waals surface area contributed by atoms with Gasteiger partial charge in [-0.3, -0.25) is 0 Å². The van der Waals surface area contributed by atoms with Crippen LogP contribution in [0.3, 0.4) is 0 Å². The van der Waals surface area contributed by atoms with E-state index in [4.69, 9.17) is 9.72 Å². The van der Waals surface area contributed by atoms with Gasteiger partial charge in [-0.1, -0.05) is 38.1 Å². The Hall–Kier alpha value is -1.23. The molecule has 0 amide bonds. The summed E-state index contributed by atoms with van der Waals surface area (Å²) in [6, 6.07) is 8.67. The van der Waals surface area contributed by atoms with E-state index in [-0.39, 0.29) is 6.04 Å². The molecule has 2 aromatic rings. The van der Waals surface area contributed by atoms with Gasteiger partial charge in [-0.2, -0.15) is 0 Å². The first-order valence-electron chi connectivity index (χ1n) is 6.86. The van der Waals surface area contributed by atoms with E-state index in [0.29, 0.717) is 12.5 Å². The zero-order valence-electron chi connectivity index (χ0n) is 12.5. The van der Waals surface area contributed by atoms with E-state index < -0.39 is 0 Å². The predicted octanol–water partition coefficient (Wildman–Crippen LogP) is 3.72. The maximum atomic E-state index is 5.14. The van der Waals surface area contributed by atoms with Crippen LogP contribution in [0.2, 0.25) is 0 Å². The van der Waals surface area contributed by atoms with Crippen molar-refractivity contribution >= 4 is 11.3 Å². The summed E-state index contributed by atoms with van der Waals surface area (Å²) in [6.45, 7) is 5.00. The van der Waals surface area contributed by atoms with Gasteiger partial charge < -0.3 is 10.1 Å². The largest absolute Gasteiger partial charge is 0.380 e. The molecule has 1 heterocycles. The quantitative estimate of drug-likeness (QED) is 0.880. The summed E-state index contributed by atoms with van der Waals surface area (Å²) in [5.74, 6) is 0.474. The number of rotatable bonds is 6. The highest BCUT2D eigenvalue weighted by molar-refractivity contribution is 7.09. The first-order chi connectivity index (χ1) is 9.65. The van der Waals surface area contributed by atoms with Crippen LogP contribution in [-0.2, 0) is 11.3 Å². The highest BCUT2D eigenvalue weighted by atomic mass is 32.1. The standard InChI is InChI=1S/C16H22N2OS/c1-11(2)14-10-20-16(18-14)15(17-3)13-7-5-12(6-8-13)9-19-4/h5-8,10-11,15,17H,9H2,1-4H3. The van der Waals surface area contributed by atoms with Gasteiger partial charge in [-0.25, -0.2) is 4.98 Å². The fraction of sp³-hybridized carbons (Fsp3) is 0.438. The predicted molar refractivity (Wildman–Crippen MR) is 84.3 cm³/mol. The minimum Gasteiger partial charge on any atom is -0.380 e. The lowest BCUT2D eigenvalue weighted by Crippen LogP contribution is -2.17. The fourth-order valence-electron chi connectivity index (χ4n) is 2.10. The van der Waals surface area contributed by atoms with Crippen LogP contribution in [0.15, 0.2) is 29.6 Å². The number of thiazole rings is 1. The van der Waals surface area contributed by atoms with E-state index >= 15 is 0 Å². The first kappa shape index (κ1) is 15.2. The Balaban J connectivity index is 2.22. The fourth-order valence-corrected chi connectivity index (χ4v) is 3.22. The van der Waals surface area contributed by atoms with Crippen LogP contribution < -0.4 is 5.32 Å². The maximum Gasteiger partial charge on any atom is 0.114 e. The van der Waals surface area contributed by atoms with Gasteiger partial charge >= 0.3 is 0 Å². The number of benzene rings is 1. The summed E-state index contributed by atoms with van der Waals surface area (Å²) in [6.07, 6.45) is 0. The average molecular weight is 290 g/mol. The number of aromatic nitrogens is 1. The lowest BCUT2D eigenvalue weighted by molar-refractivity contribution is 0.185. The molecule has 0 aliphatic heterocycles. The lowest BCUT2D eigenvalue weighted by atomic mass is 10.1. The van der Waals surface area contributed by atoms with Crippen molar-refractivity contribution in [3.63, 3.8) is 0 Å². The number of hydrogen-bond donors (Lipinski definition) is 1. The summed E-state index contributed by atoms with van der Waals surface area (Å²) in [5, 5.41) is 6.63. The number of nitrogens with zero attached hydrogens (tertiary/aromatic N) is 1. The van der Waals surface area contributed by atoms with Gasteiger partial charge in [0.2, 0.25) is 0 Å². The van der Waals surface area contributed by atoms with Gasteiger partial charge in [-0.05, 0) is 24.1 Å². The highest BCUT2D eigenvalue weighted by Gasteiger charge is 2.16. The molecule has 20 heavy (non-hydrogen) atoms. The van der Waals surface area contributed by atoms with Crippen LogP contribution in [0.5, 0.6) is 0 Å². The minimum absolute atomic E-state index is 0.157. The van der Waals surface area contributed by atoms with Crippen molar-refractivity contribution in [1.82, 2.24) is 10.3 Å². The van der Waals surface area contributed by atoms with E-state index in [1.165, 1.54) is 16.8 Å². The number of ether oxygens (including phenoxy) is 1. The molecule has 0 radical (unpaired) electrons. The topological polar surface area (TPSA) is 34.1 Å². The van der Waals surface area contributed by atoms with Gasteiger partial charge in [0.05, 0.1) is 18.3 Å². The second-order valence-electron chi connectivity index (χ2n) is 5.16. The third-order valence-corrected chi connectivity index (χ3v) is 4.22. The number of methoxy groups -OCH3 is 1. The molecule has 0 saturated carbocycles. The SMILES string of the molecule is CNC(c1ccc(COC)cc1)c1nc(C(C)C)cs1. The third kappa shape index (κ3) is 3.45. The van der Waals surface area contributed by atoms with Crippen molar-refractivity contribution in [2.24, 2.45) is 0 Å². The zero-order chi connectivity index (χ0) is 14.5. The normalized spacial score (nSPS) is 12.8. The summed E-state index contributed by atoms with van der Waals surface area (Å²) in [4.78, 5) is 4.75. The van der Waals surface area contributed by atoms with E-state index in [2.05, 4.69) is 48.8 Å². The highest BCUT2D eigenvalue weighted by Crippen LogP contribution is 2.27. The van der Waals surface area contributed by atoms with E-state index in [1.54, 1.807) is 18.4 Å². The molecule has 1 atom stereocenters. The van der Waals surface area contributed by atoms with Crippen LogP contribution in [0, 0.1) is 0 Å². The van der Waals surface area contributed by atoms with Crippen molar-refractivity contribution < 1.29 is 4.74 Å². The Morgan fingerprint density at radius 2 is 1.95 bits per heavy atom. The second-order valence-corrected chi connectivity index (χ2v) is 6.05. The van der Waals surface area contributed by atoms with Crippen LogP contribution in [-0.4, -0.2) is 19.1 Å². The summed E-state index contributed by atoms with van der Waals surface area (Å²) in [5.41, 5.74) is 3.59. The van der Waals surface area contributed by atoms with Crippen molar-refractivity contribution in [2.75, 3.05) is 14.2 Å². The molecular formula is C16H22N2OS. The molecule has 0 aliphatic rings. The van der Waals surface area contributed by atoms with Gasteiger partial charge in [-0.15, -0.1) is 11.3 Å². The molecule has 108 valence electrons. The van der Waals surface area contributed by atoms with Crippen molar-refractivity contribution in [3.8, 4) is 0 Å². The minimum atomic E-state index is 0.157. The van der Waals surface area contributed by atoms with Crippen LogP contribution in [0.4, 0.5) is 0 Å². The van der Waals surface area contributed by atoms with Crippen LogP contribution >= 0.6 is 11.3 Å². The molecule has 0 fully saturated rings. The van der Waals surface area contributed by atoms with Gasteiger partial charge in [0.25, 0.3) is 0 Å². The Labute approximate surface area is 125 Å². The summed E-state index contributed by atoms with van der Waals surface area (Å²) < 4.78 is 5.14. The van der Waals surface area contributed by atoms with Gasteiger partial charge in [0, 0.05) is 12.5 Å². The molecule has 0 bridgehead atoms. The Bertz CT molecular complexity index is 534. The monoisotopic (exact) mass is 290 g/mol. The number of hydrogen-bond acceptors (Lipinski definition) is 4. The third-order valence-electron chi connectivity index (χ3n) is 3.29. The maximum absolute atomic E-state index is 5.14. The molecule has 1 aromatic carbocycles. The molecule has 1 unspecified atom stereocenters. The van der Waals surface area contributed by atoms with Crippen LogP contribution in [0.25, 0.3) is 0 Å². The van der Waals surface area contributed by atoms with E-state index in [1.807, 2.05) is 7.05 Å². The molecule has 0 saturated heterocycles.